The van der Waals surface area contributed by atoms with E-state index in [9.17, 15) is 9.18 Å². The summed E-state index contributed by atoms with van der Waals surface area (Å²) in [5.74, 6) is 0.295. The van der Waals surface area contributed by atoms with Crippen LogP contribution in [-0.4, -0.2) is 18.6 Å². The van der Waals surface area contributed by atoms with Gasteiger partial charge in [-0.05, 0) is 48.7 Å². The molecule has 5 nitrogen and oxygen atoms in total. The van der Waals surface area contributed by atoms with Crippen LogP contribution < -0.4 is 20.9 Å². The molecular weight excluding hydrogens is 357 g/mol. The van der Waals surface area contributed by atoms with Crippen LogP contribution in [0.5, 0.6) is 5.75 Å². The molecule has 2 atom stereocenters. The number of rotatable bonds is 6. The highest BCUT2D eigenvalue weighted by Crippen LogP contribution is 2.24. The third-order valence-electron chi connectivity index (χ3n) is 4.28. The second-order valence-corrected chi connectivity index (χ2v) is 6.49. The van der Waals surface area contributed by atoms with Crippen molar-refractivity contribution in [1.82, 2.24) is 16.2 Å². The molecule has 0 saturated carbocycles. The van der Waals surface area contributed by atoms with Gasteiger partial charge in [-0.2, -0.15) is 0 Å². The number of amides is 1. The molecule has 3 rings (SSSR count). The van der Waals surface area contributed by atoms with Gasteiger partial charge in [0.15, 0.2) is 0 Å². The molecule has 0 bridgehead atoms. The smallest absolute Gasteiger partial charge is 0.238 e. The minimum atomic E-state index is -0.398. The van der Waals surface area contributed by atoms with Gasteiger partial charge < -0.3 is 10.1 Å². The Morgan fingerprint density at radius 2 is 2.04 bits per heavy atom. The number of halogens is 2. The molecule has 7 heteroatoms. The monoisotopic (exact) mass is 377 g/mol. The van der Waals surface area contributed by atoms with Gasteiger partial charge >= 0.3 is 0 Å². The standard InChI is InChI=1S/C19H21ClFN3O2/c1-2-26-15-7-4-12(5-8-15)17-10-18(24-23-17)19(25)22-11-13-3-6-14(21)9-16(13)20/h3-9,17-18,23-24H,2,10-11H2,1H3,(H,22,25). The molecule has 138 valence electrons. The zero-order valence-corrected chi connectivity index (χ0v) is 15.1. The van der Waals surface area contributed by atoms with Gasteiger partial charge in [0.2, 0.25) is 5.91 Å². The van der Waals surface area contributed by atoms with Gasteiger partial charge in [-0.3, -0.25) is 4.79 Å². The van der Waals surface area contributed by atoms with Gasteiger partial charge in [-0.1, -0.05) is 29.8 Å². The summed E-state index contributed by atoms with van der Waals surface area (Å²) in [7, 11) is 0. The molecule has 1 fully saturated rings. The molecule has 2 unspecified atom stereocenters. The molecule has 1 aliphatic rings. The summed E-state index contributed by atoms with van der Waals surface area (Å²) in [5, 5.41) is 3.13. The van der Waals surface area contributed by atoms with Crippen molar-refractivity contribution < 1.29 is 13.9 Å². The maximum atomic E-state index is 13.1. The van der Waals surface area contributed by atoms with Crippen LogP contribution in [-0.2, 0) is 11.3 Å². The van der Waals surface area contributed by atoms with Crippen molar-refractivity contribution in [1.29, 1.82) is 0 Å². The zero-order chi connectivity index (χ0) is 18.5. The Balaban J connectivity index is 1.53. The predicted molar refractivity (Wildman–Crippen MR) is 98.3 cm³/mol. The van der Waals surface area contributed by atoms with Crippen LogP contribution in [0.2, 0.25) is 5.02 Å². The second-order valence-electron chi connectivity index (χ2n) is 6.09. The van der Waals surface area contributed by atoms with E-state index in [1.165, 1.54) is 12.1 Å². The summed E-state index contributed by atoms with van der Waals surface area (Å²) in [6.07, 6.45) is 0.622. The second kappa shape index (κ2) is 8.49. The van der Waals surface area contributed by atoms with Crippen molar-refractivity contribution in [2.24, 2.45) is 0 Å². The van der Waals surface area contributed by atoms with Crippen LogP contribution >= 0.6 is 11.6 Å². The van der Waals surface area contributed by atoms with Gasteiger partial charge in [0.05, 0.1) is 6.61 Å². The first-order chi connectivity index (χ1) is 12.6. The van der Waals surface area contributed by atoms with Crippen molar-refractivity contribution >= 4 is 17.5 Å². The third kappa shape index (κ3) is 4.52. The van der Waals surface area contributed by atoms with Gasteiger partial charge in [-0.25, -0.2) is 15.2 Å². The van der Waals surface area contributed by atoms with E-state index in [-0.39, 0.29) is 24.5 Å². The van der Waals surface area contributed by atoms with E-state index >= 15 is 0 Å². The Morgan fingerprint density at radius 1 is 1.27 bits per heavy atom. The average Bonchev–Trinajstić information content (AvgIpc) is 3.12. The molecule has 1 saturated heterocycles. The first-order valence-electron chi connectivity index (χ1n) is 8.52. The van der Waals surface area contributed by atoms with Gasteiger partial charge in [0, 0.05) is 17.6 Å². The minimum absolute atomic E-state index is 0.0378. The molecule has 0 aromatic heterocycles. The highest BCUT2D eigenvalue weighted by Gasteiger charge is 2.30. The summed E-state index contributed by atoms with van der Waals surface area (Å²) in [5.41, 5.74) is 7.92. The molecule has 3 N–H and O–H groups in total. The molecule has 2 aromatic rings. The average molecular weight is 378 g/mol. The molecule has 0 spiro atoms. The number of hydrazine groups is 1. The molecule has 0 aliphatic carbocycles. The zero-order valence-electron chi connectivity index (χ0n) is 14.4. The maximum absolute atomic E-state index is 13.1. The topological polar surface area (TPSA) is 62.4 Å². The number of nitrogens with one attached hydrogen (secondary N) is 3. The lowest BCUT2D eigenvalue weighted by Gasteiger charge is -2.12. The molecule has 1 amide bonds. The number of benzene rings is 2. The first kappa shape index (κ1) is 18.6. The lowest BCUT2D eigenvalue weighted by molar-refractivity contribution is -0.123. The van der Waals surface area contributed by atoms with Crippen LogP contribution in [0.4, 0.5) is 4.39 Å². The van der Waals surface area contributed by atoms with Crippen LogP contribution in [0.25, 0.3) is 0 Å². The Morgan fingerprint density at radius 3 is 2.73 bits per heavy atom. The molecule has 2 aromatic carbocycles. The highest BCUT2D eigenvalue weighted by molar-refractivity contribution is 6.31. The summed E-state index contributed by atoms with van der Waals surface area (Å²) in [6.45, 7) is 2.82. The normalized spacial score (nSPS) is 19.3. The lowest BCUT2D eigenvalue weighted by atomic mass is 10.0. The Kier molecular flexibility index (Phi) is 6.08. The minimum Gasteiger partial charge on any atom is -0.494 e. The molecule has 26 heavy (non-hydrogen) atoms. The van der Waals surface area contributed by atoms with Crippen LogP contribution in [0.1, 0.15) is 30.5 Å². The SMILES string of the molecule is CCOc1ccc(C2CC(C(=O)NCc3ccc(F)cc3Cl)NN2)cc1. The quantitative estimate of drug-likeness (QED) is 0.724. The summed E-state index contributed by atoms with van der Waals surface area (Å²) in [6, 6.07) is 11.6. The fourth-order valence-corrected chi connectivity index (χ4v) is 3.11. The molecule has 1 heterocycles. The number of ether oxygens (including phenoxy) is 1. The van der Waals surface area contributed by atoms with E-state index in [0.717, 1.165) is 11.3 Å². The van der Waals surface area contributed by atoms with Crippen LogP contribution in [0.3, 0.4) is 0 Å². The Bertz CT molecular complexity index is 770. The molecule has 0 radical (unpaired) electrons. The van der Waals surface area contributed by atoms with Crippen LogP contribution in [0, 0.1) is 5.82 Å². The number of hydrogen-bond acceptors (Lipinski definition) is 4. The Labute approximate surface area is 156 Å². The third-order valence-corrected chi connectivity index (χ3v) is 4.63. The van der Waals surface area contributed by atoms with E-state index in [0.29, 0.717) is 23.6 Å². The van der Waals surface area contributed by atoms with Crippen molar-refractivity contribution in [3.8, 4) is 5.75 Å². The number of carbonyl (C=O) groups is 1. The lowest BCUT2D eigenvalue weighted by Crippen LogP contribution is -2.42. The number of hydrogen-bond donors (Lipinski definition) is 3. The predicted octanol–water partition coefficient (Wildman–Crippen LogP) is 3.10. The first-order valence-corrected chi connectivity index (χ1v) is 8.90. The van der Waals surface area contributed by atoms with Crippen molar-refractivity contribution in [3.05, 3.63) is 64.4 Å². The van der Waals surface area contributed by atoms with E-state index in [4.69, 9.17) is 16.3 Å². The molecular formula is C19H21ClFN3O2. The van der Waals surface area contributed by atoms with E-state index in [2.05, 4.69) is 16.2 Å². The summed E-state index contributed by atoms with van der Waals surface area (Å²) in [4.78, 5) is 12.4. The van der Waals surface area contributed by atoms with E-state index < -0.39 is 5.82 Å². The summed E-state index contributed by atoms with van der Waals surface area (Å²) >= 11 is 5.98. The van der Waals surface area contributed by atoms with Crippen molar-refractivity contribution in [2.75, 3.05) is 6.61 Å². The Hall–Kier alpha value is -2.15. The van der Waals surface area contributed by atoms with E-state index in [1.807, 2.05) is 31.2 Å². The van der Waals surface area contributed by atoms with Gasteiger partial charge in [0.25, 0.3) is 0 Å². The maximum Gasteiger partial charge on any atom is 0.238 e. The van der Waals surface area contributed by atoms with E-state index in [1.54, 1.807) is 6.07 Å². The fourth-order valence-electron chi connectivity index (χ4n) is 2.88. The highest BCUT2D eigenvalue weighted by atomic mass is 35.5. The summed E-state index contributed by atoms with van der Waals surface area (Å²) < 4.78 is 18.5. The van der Waals surface area contributed by atoms with Gasteiger partial charge in [0.1, 0.15) is 17.6 Å². The van der Waals surface area contributed by atoms with Crippen LogP contribution in [0.15, 0.2) is 42.5 Å². The van der Waals surface area contributed by atoms with Crippen molar-refractivity contribution in [2.45, 2.75) is 32.0 Å². The largest absolute Gasteiger partial charge is 0.494 e. The fraction of sp³-hybridized carbons (Fsp3) is 0.316. The van der Waals surface area contributed by atoms with Gasteiger partial charge in [-0.15, -0.1) is 0 Å². The molecule has 1 aliphatic heterocycles. The van der Waals surface area contributed by atoms with Crippen molar-refractivity contribution in [3.63, 3.8) is 0 Å². The number of carbonyl (C=O) groups excluding carboxylic acids is 1.